The molecule has 2 N–H and O–H groups in total. The number of para-hydroxylation sites is 1. The summed E-state index contributed by atoms with van der Waals surface area (Å²) in [6.07, 6.45) is 0.383. The second-order valence-corrected chi connectivity index (χ2v) is 6.85. The minimum Gasteiger partial charge on any atom is -0.359 e. The zero-order chi connectivity index (χ0) is 18.4. The Bertz CT molecular complexity index is 792. The Morgan fingerprint density at radius 2 is 1.85 bits per heavy atom. The van der Waals surface area contributed by atoms with E-state index in [0.717, 1.165) is 48.1 Å². The van der Waals surface area contributed by atoms with Crippen molar-refractivity contribution in [3.05, 3.63) is 59.1 Å². The van der Waals surface area contributed by atoms with Crippen molar-refractivity contribution in [1.82, 2.24) is 0 Å². The normalized spacial score (nSPS) is 14.7. The number of piperazine rings is 1. The highest BCUT2D eigenvalue weighted by molar-refractivity contribution is 6.33. The zero-order valence-electron chi connectivity index (χ0n) is 14.5. The topological polar surface area (TPSA) is 60.6 Å². The number of amides is 1. The van der Waals surface area contributed by atoms with Crippen molar-refractivity contribution in [3.8, 4) is 6.07 Å². The van der Waals surface area contributed by atoms with Crippen LogP contribution < -0.4 is 15.1 Å². The van der Waals surface area contributed by atoms with Gasteiger partial charge in [0.1, 0.15) is 0 Å². The maximum absolute atomic E-state index is 12.3. The standard InChI is InChI=1S/C20H21ClN4O/c21-18-3-1-2-4-19(18)25-13-11-24(12-14-25)15-20(26)23-17-7-5-16(6-8-17)9-10-22/h1-8H,9,11-15H2,(H,23,26)/p+1. The fourth-order valence-electron chi connectivity index (χ4n) is 3.18. The monoisotopic (exact) mass is 369 g/mol. The van der Waals surface area contributed by atoms with Gasteiger partial charge < -0.3 is 15.1 Å². The van der Waals surface area contributed by atoms with E-state index in [1.165, 1.54) is 4.90 Å². The number of carbonyl (C=O) groups excluding carboxylic acids is 1. The number of nitrogens with zero attached hydrogens (tertiary/aromatic N) is 2. The van der Waals surface area contributed by atoms with Crippen molar-refractivity contribution >= 4 is 28.9 Å². The molecule has 1 aliphatic rings. The third kappa shape index (κ3) is 4.75. The van der Waals surface area contributed by atoms with Gasteiger partial charge in [-0.3, -0.25) is 4.79 Å². The van der Waals surface area contributed by atoms with Crippen molar-refractivity contribution in [2.45, 2.75) is 6.42 Å². The van der Waals surface area contributed by atoms with Crippen LogP contribution in [0.25, 0.3) is 0 Å². The first-order chi connectivity index (χ1) is 12.7. The average molecular weight is 370 g/mol. The fourth-order valence-corrected chi connectivity index (χ4v) is 3.43. The van der Waals surface area contributed by atoms with E-state index in [-0.39, 0.29) is 5.91 Å². The maximum atomic E-state index is 12.3. The molecule has 1 aliphatic heterocycles. The van der Waals surface area contributed by atoms with Gasteiger partial charge in [0.05, 0.1) is 49.4 Å². The number of benzene rings is 2. The van der Waals surface area contributed by atoms with Gasteiger partial charge in [-0.05, 0) is 29.8 Å². The summed E-state index contributed by atoms with van der Waals surface area (Å²) < 4.78 is 0. The number of rotatable bonds is 5. The summed E-state index contributed by atoms with van der Waals surface area (Å²) >= 11 is 6.27. The Balaban J connectivity index is 1.47. The zero-order valence-corrected chi connectivity index (χ0v) is 15.3. The van der Waals surface area contributed by atoms with Gasteiger partial charge >= 0.3 is 0 Å². The third-order valence-corrected chi connectivity index (χ3v) is 4.91. The van der Waals surface area contributed by atoms with Crippen LogP contribution in [0, 0.1) is 11.3 Å². The SMILES string of the molecule is N#CCc1ccc(NC(=O)C[NH+]2CCN(c3ccccc3Cl)CC2)cc1. The highest BCUT2D eigenvalue weighted by Gasteiger charge is 2.23. The Morgan fingerprint density at radius 3 is 2.50 bits per heavy atom. The van der Waals surface area contributed by atoms with Crippen LogP contribution in [0.5, 0.6) is 0 Å². The lowest BCUT2D eigenvalue weighted by Crippen LogP contribution is -3.15. The molecule has 0 aromatic heterocycles. The van der Waals surface area contributed by atoms with Crippen LogP contribution in [0.4, 0.5) is 11.4 Å². The molecule has 0 spiro atoms. The van der Waals surface area contributed by atoms with Gasteiger partial charge in [0, 0.05) is 5.69 Å². The van der Waals surface area contributed by atoms with Gasteiger partial charge in [0.15, 0.2) is 6.54 Å². The summed E-state index contributed by atoms with van der Waals surface area (Å²) in [6.45, 7) is 4.03. The molecule has 1 amide bonds. The van der Waals surface area contributed by atoms with Crippen molar-refractivity contribution in [3.63, 3.8) is 0 Å². The molecular weight excluding hydrogens is 348 g/mol. The van der Waals surface area contributed by atoms with Gasteiger partial charge in [-0.2, -0.15) is 5.26 Å². The van der Waals surface area contributed by atoms with E-state index in [9.17, 15) is 4.79 Å². The minimum atomic E-state index is 0.0132. The van der Waals surface area contributed by atoms with Gasteiger partial charge in [0.25, 0.3) is 5.91 Å². The number of anilines is 2. The molecule has 6 heteroatoms. The van der Waals surface area contributed by atoms with Crippen molar-refractivity contribution < 1.29 is 9.69 Å². The van der Waals surface area contributed by atoms with Crippen LogP contribution in [0.3, 0.4) is 0 Å². The number of hydrogen-bond donors (Lipinski definition) is 2. The highest BCUT2D eigenvalue weighted by Crippen LogP contribution is 2.24. The van der Waals surface area contributed by atoms with Crippen LogP contribution in [-0.2, 0) is 11.2 Å². The first-order valence-corrected chi connectivity index (χ1v) is 9.12. The predicted octanol–water partition coefficient (Wildman–Crippen LogP) is 1.75. The van der Waals surface area contributed by atoms with Crippen LogP contribution in [0.15, 0.2) is 48.5 Å². The van der Waals surface area contributed by atoms with E-state index < -0.39 is 0 Å². The molecule has 0 bridgehead atoms. The molecule has 0 radical (unpaired) electrons. The molecule has 1 heterocycles. The van der Waals surface area contributed by atoms with E-state index in [2.05, 4.69) is 16.3 Å². The van der Waals surface area contributed by atoms with E-state index in [0.29, 0.717) is 13.0 Å². The average Bonchev–Trinajstić information content (AvgIpc) is 2.65. The molecule has 1 saturated heterocycles. The van der Waals surface area contributed by atoms with Gasteiger partial charge in [0.2, 0.25) is 0 Å². The predicted molar refractivity (Wildman–Crippen MR) is 104 cm³/mol. The number of nitrogens with one attached hydrogen (secondary N) is 2. The molecule has 2 aromatic rings. The summed E-state index contributed by atoms with van der Waals surface area (Å²) in [4.78, 5) is 15.8. The third-order valence-electron chi connectivity index (χ3n) is 4.60. The molecule has 134 valence electrons. The molecule has 1 fully saturated rings. The fraction of sp³-hybridized carbons (Fsp3) is 0.300. The van der Waals surface area contributed by atoms with E-state index in [1.807, 2.05) is 48.5 Å². The Kier molecular flexibility index (Phi) is 6.11. The van der Waals surface area contributed by atoms with Gasteiger partial charge in [-0.25, -0.2) is 0 Å². The van der Waals surface area contributed by atoms with Gasteiger partial charge in [-0.1, -0.05) is 35.9 Å². The highest BCUT2D eigenvalue weighted by atomic mass is 35.5. The van der Waals surface area contributed by atoms with Gasteiger partial charge in [-0.15, -0.1) is 0 Å². The van der Waals surface area contributed by atoms with Crippen molar-refractivity contribution in [2.24, 2.45) is 0 Å². The largest absolute Gasteiger partial charge is 0.359 e. The second-order valence-electron chi connectivity index (χ2n) is 6.45. The lowest BCUT2D eigenvalue weighted by Gasteiger charge is -2.33. The summed E-state index contributed by atoms with van der Waals surface area (Å²) in [7, 11) is 0. The molecule has 2 aromatic carbocycles. The lowest BCUT2D eigenvalue weighted by atomic mass is 10.1. The van der Waals surface area contributed by atoms with E-state index in [4.69, 9.17) is 16.9 Å². The first-order valence-electron chi connectivity index (χ1n) is 8.74. The number of halogens is 1. The lowest BCUT2D eigenvalue weighted by molar-refractivity contribution is -0.892. The van der Waals surface area contributed by atoms with Crippen LogP contribution in [0.2, 0.25) is 5.02 Å². The quantitative estimate of drug-likeness (QED) is 0.844. The first kappa shape index (κ1) is 18.2. The summed E-state index contributed by atoms with van der Waals surface area (Å²) in [5.74, 6) is 0.0132. The Morgan fingerprint density at radius 1 is 1.15 bits per heavy atom. The molecule has 0 saturated carbocycles. The minimum absolute atomic E-state index is 0.0132. The summed E-state index contributed by atoms with van der Waals surface area (Å²) in [6, 6.07) is 17.4. The summed E-state index contributed by atoms with van der Waals surface area (Å²) in [5, 5.41) is 12.4. The molecule has 3 rings (SSSR count). The molecular formula is C20H22ClN4O+. The molecule has 0 unspecified atom stereocenters. The molecule has 0 atom stereocenters. The smallest absolute Gasteiger partial charge is 0.279 e. The van der Waals surface area contributed by atoms with Crippen LogP contribution in [-0.4, -0.2) is 38.6 Å². The molecule has 26 heavy (non-hydrogen) atoms. The second kappa shape index (κ2) is 8.70. The van der Waals surface area contributed by atoms with E-state index in [1.54, 1.807) is 0 Å². The number of hydrogen-bond acceptors (Lipinski definition) is 3. The number of nitriles is 1. The van der Waals surface area contributed by atoms with Crippen LogP contribution in [0.1, 0.15) is 5.56 Å². The van der Waals surface area contributed by atoms with Crippen molar-refractivity contribution in [1.29, 1.82) is 5.26 Å². The Hall–Kier alpha value is -2.55. The van der Waals surface area contributed by atoms with Crippen LogP contribution >= 0.6 is 11.6 Å². The van der Waals surface area contributed by atoms with Crippen molar-refractivity contribution in [2.75, 3.05) is 42.9 Å². The molecule has 5 nitrogen and oxygen atoms in total. The Labute approximate surface area is 158 Å². The molecule has 0 aliphatic carbocycles. The maximum Gasteiger partial charge on any atom is 0.279 e. The summed E-state index contributed by atoms with van der Waals surface area (Å²) in [5.41, 5.74) is 2.78. The van der Waals surface area contributed by atoms with E-state index >= 15 is 0 Å². The number of quaternary nitrogens is 1. The number of carbonyl (C=O) groups is 1.